The number of rotatable bonds is 3. The van der Waals surface area contributed by atoms with Crippen LogP contribution in [0.4, 0.5) is 4.39 Å². The van der Waals surface area contributed by atoms with E-state index in [1.165, 1.54) is 12.1 Å². The number of benzene rings is 2. The van der Waals surface area contributed by atoms with Crippen LogP contribution in [0.5, 0.6) is 5.75 Å². The molecule has 0 N–H and O–H groups in total. The summed E-state index contributed by atoms with van der Waals surface area (Å²) >= 11 is 0. The first kappa shape index (κ1) is 13.8. The molecule has 0 bridgehead atoms. The van der Waals surface area contributed by atoms with Gasteiger partial charge in [0.1, 0.15) is 6.61 Å². The van der Waals surface area contributed by atoms with Crippen LogP contribution in [-0.2, 0) is 9.84 Å². The molecule has 0 aromatic heterocycles. The second kappa shape index (κ2) is 5.00. The summed E-state index contributed by atoms with van der Waals surface area (Å²) in [7, 11) is -3.54. The van der Waals surface area contributed by atoms with Crippen molar-refractivity contribution in [3.8, 4) is 5.75 Å². The van der Waals surface area contributed by atoms with Crippen molar-refractivity contribution in [3.63, 3.8) is 0 Å². The molecule has 21 heavy (non-hydrogen) atoms. The van der Waals surface area contributed by atoms with Crippen molar-refractivity contribution in [3.05, 3.63) is 64.3 Å². The Bertz CT molecular complexity index is 838. The summed E-state index contributed by atoms with van der Waals surface area (Å²) in [6.07, 6.45) is 1.57. The van der Waals surface area contributed by atoms with Gasteiger partial charge in [0.2, 0.25) is 9.84 Å². The molecule has 2 aromatic rings. The molecule has 0 unspecified atom stereocenters. The molecule has 3 nitrogen and oxygen atoms in total. The fourth-order valence-electron chi connectivity index (χ4n) is 2.22. The molecule has 0 aliphatic carbocycles. The van der Waals surface area contributed by atoms with Gasteiger partial charge in [0.25, 0.3) is 0 Å². The van der Waals surface area contributed by atoms with E-state index in [0.29, 0.717) is 5.56 Å². The lowest BCUT2D eigenvalue weighted by Gasteiger charge is -2.08. The lowest BCUT2D eigenvalue weighted by molar-refractivity contribution is 0.338. The topological polar surface area (TPSA) is 43.4 Å². The van der Waals surface area contributed by atoms with Crippen molar-refractivity contribution in [2.75, 3.05) is 6.61 Å². The van der Waals surface area contributed by atoms with Gasteiger partial charge in [-0.2, -0.15) is 0 Å². The summed E-state index contributed by atoms with van der Waals surface area (Å²) in [5.74, 6) is -0.470. The zero-order valence-corrected chi connectivity index (χ0v) is 12.2. The van der Waals surface area contributed by atoms with E-state index in [9.17, 15) is 12.8 Å². The predicted molar refractivity (Wildman–Crippen MR) is 78.2 cm³/mol. The molecule has 0 radical (unpaired) electrons. The van der Waals surface area contributed by atoms with Gasteiger partial charge in [0.15, 0.2) is 11.6 Å². The molecule has 1 aliphatic heterocycles. The first-order valence-corrected chi connectivity index (χ1v) is 7.90. The van der Waals surface area contributed by atoms with Crippen LogP contribution >= 0.6 is 0 Å². The summed E-state index contributed by atoms with van der Waals surface area (Å²) in [6.45, 7) is 1.65. The molecular weight excluding hydrogens is 291 g/mol. The molecule has 0 spiro atoms. The second-order valence-electron chi connectivity index (χ2n) is 4.87. The largest absolute Gasteiger partial charge is 0.485 e. The molecule has 2 aromatic carbocycles. The maximum absolute atomic E-state index is 13.5. The summed E-state index contributed by atoms with van der Waals surface area (Å²) < 4.78 is 43.6. The Kier molecular flexibility index (Phi) is 3.29. The molecule has 0 amide bonds. The van der Waals surface area contributed by atoms with Crippen LogP contribution in [0.25, 0.3) is 6.08 Å². The molecule has 0 atom stereocenters. The fraction of sp³-hybridized carbons (Fsp3) is 0.125. The van der Waals surface area contributed by atoms with Crippen LogP contribution in [0.1, 0.15) is 11.1 Å². The van der Waals surface area contributed by atoms with Gasteiger partial charge in [-0.25, -0.2) is 12.8 Å². The number of fused-ring (bicyclic) bond motifs is 1. The van der Waals surface area contributed by atoms with E-state index in [4.69, 9.17) is 4.74 Å². The average Bonchev–Trinajstić information content (AvgIpc) is 2.69. The quantitative estimate of drug-likeness (QED) is 0.873. The van der Waals surface area contributed by atoms with Crippen molar-refractivity contribution in [1.82, 2.24) is 0 Å². The number of hydrogen-bond donors (Lipinski definition) is 0. The summed E-state index contributed by atoms with van der Waals surface area (Å²) in [5, 5.41) is 0. The van der Waals surface area contributed by atoms with Crippen LogP contribution in [0.3, 0.4) is 0 Å². The standard InChI is InChI=1S/C16H13FO3S/c1-11-6-7-12-9-13(21(18,19)16(12)8-11)10-20-15-5-3-2-4-14(15)17/h2-9H,10H2,1H3. The highest BCUT2D eigenvalue weighted by Crippen LogP contribution is 2.33. The van der Waals surface area contributed by atoms with Crippen LogP contribution in [0, 0.1) is 12.7 Å². The molecule has 1 heterocycles. The van der Waals surface area contributed by atoms with Gasteiger partial charge >= 0.3 is 0 Å². The van der Waals surface area contributed by atoms with Gasteiger partial charge in [-0.15, -0.1) is 0 Å². The molecule has 0 saturated carbocycles. The van der Waals surface area contributed by atoms with E-state index >= 15 is 0 Å². The van der Waals surface area contributed by atoms with Gasteiger partial charge in [0, 0.05) is 0 Å². The van der Waals surface area contributed by atoms with Gasteiger partial charge < -0.3 is 4.74 Å². The highest BCUT2D eigenvalue weighted by Gasteiger charge is 2.30. The van der Waals surface area contributed by atoms with Gasteiger partial charge in [0.05, 0.1) is 9.80 Å². The monoisotopic (exact) mass is 304 g/mol. The summed E-state index contributed by atoms with van der Waals surface area (Å²) in [5.41, 5.74) is 1.52. The summed E-state index contributed by atoms with van der Waals surface area (Å²) in [6, 6.07) is 11.2. The van der Waals surface area contributed by atoms with Crippen molar-refractivity contribution in [1.29, 1.82) is 0 Å². The number of hydrogen-bond acceptors (Lipinski definition) is 3. The van der Waals surface area contributed by atoms with Gasteiger partial charge in [-0.1, -0.05) is 24.3 Å². The smallest absolute Gasteiger partial charge is 0.206 e. The zero-order valence-electron chi connectivity index (χ0n) is 11.3. The molecule has 0 fully saturated rings. The van der Waals surface area contributed by atoms with E-state index in [1.807, 2.05) is 13.0 Å². The SMILES string of the molecule is Cc1ccc2c(c1)S(=O)(=O)C(COc1ccccc1F)=C2. The Morgan fingerprint density at radius 2 is 1.90 bits per heavy atom. The highest BCUT2D eigenvalue weighted by atomic mass is 32.2. The average molecular weight is 304 g/mol. The minimum atomic E-state index is -3.54. The number of ether oxygens (including phenoxy) is 1. The van der Waals surface area contributed by atoms with E-state index < -0.39 is 15.7 Å². The molecular formula is C16H13FO3S. The second-order valence-corrected chi connectivity index (χ2v) is 6.85. The molecule has 5 heteroatoms. The van der Waals surface area contributed by atoms with Crippen molar-refractivity contribution >= 4 is 15.9 Å². The van der Waals surface area contributed by atoms with Gasteiger partial charge in [-0.05, 0) is 42.3 Å². The van der Waals surface area contributed by atoms with Crippen LogP contribution in [0.2, 0.25) is 0 Å². The minimum Gasteiger partial charge on any atom is -0.485 e. The van der Waals surface area contributed by atoms with Crippen molar-refractivity contribution in [2.24, 2.45) is 0 Å². The van der Waals surface area contributed by atoms with Crippen LogP contribution in [0.15, 0.2) is 52.3 Å². The lowest BCUT2D eigenvalue weighted by Crippen LogP contribution is -2.09. The Hall–Kier alpha value is -2.14. The number of halogens is 1. The van der Waals surface area contributed by atoms with Crippen molar-refractivity contribution in [2.45, 2.75) is 11.8 Å². The molecule has 3 rings (SSSR count). The van der Waals surface area contributed by atoms with E-state index in [1.54, 1.807) is 30.3 Å². The first-order chi connectivity index (χ1) is 9.98. The predicted octanol–water partition coefficient (Wildman–Crippen LogP) is 3.34. The fourth-order valence-corrected chi connectivity index (χ4v) is 3.77. The number of aryl methyl sites for hydroxylation is 1. The molecule has 1 aliphatic rings. The van der Waals surface area contributed by atoms with Crippen LogP contribution < -0.4 is 4.74 Å². The maximum atomic E-state index is 13.5. The molecule has 108 valence electrons. The van der Waals surface area contributed by atoms with E-state index in [-0.39, 0.29) is 22.2 Å². The van der Waals surface area contributed by atoms with E-state index in [0.717, 1.165) is 5.56 Å². The zero-order chi connectivity index (χ0) is 15.0. The van der Waals surface area contributed by atoms with Gasteiger partial charge in [-0.3, -0.25) is 0 Å². The molecule has 0 saturated heterocycles. The Balaban J connectivity index is 1.87. The third kappa shape index (κ3) is 2.45. The number of para-hydroxylation sites is 1. The highest BCUT2D eigenvalue weighted by molar-refractivity contribution is 7.95. The Morgan fingerprint density at radius 3 is 2.67 bits per heavy atom. The Morgan fingerprint density at radius 1 is 1.14 bits per heavy atom. The minimum absolute atomic E-state index is 0.0423. The third-order valence-electron chi connectivity index (χ3n) is 3.33. The number of sulfone groups is 1. The Labute approximate surface area is 122 Å². The maximum Gasteiger partial charge on any atom is 0.206 e. The van der Waals surface area contributed by atoms with E-state index in [2.05, 4.69) is 0 Å². The lowest BCUT2D eigenvalue weighted by atomic mass is 10.1. The van der Waals surface area contributed by atoms with Crippen LogP contribution in [-0.4, -0.2) is 15.0 Å². The normalized spacial score (nSPS) is 15.4. The first-order valence-electron chi connectivity index (χ1n) is 6.42. The third-order valence-corrected chi connectivity index (χ3v) is 5.19. The van der Waals surface area contributed by atoms with Crippen molar-refractivity contribution < 1.29 is 17.5 Å². The summed E-state index contributed by atoms with van der Waals surface area (Å²) in [4.78, 5) is 0.431.